The number of likely N-dealkylation sites (N-methyl/N-ethyl adjacent to an activating group) is 1. The Balaban J connectivity index is 0.961. The molecule has 7 rings (SSSR count). The zero-order valence-electron chi connectivity index (χ0n) is 34.9. The number of oxazole rings is 1. The molecule has 0 unspecified atom stereocenters. The number of urea groups is 1. The standard InChI is InChI=1S/C43H55N7O10/c1-27-23-28(24-34-37(27)46(4)42(56)59-34)25-35(60-43(57)49-20-14-32(15-21-49)50-22-13-31-7-5-6-8-33(31)44-41(50)55)38(52)47-16-9-29(10-17-47)30-11-18-48(19-12-30)39(53)40(54)58-26-36(51)45(2)3/h5-8,23-24,29-30,32,35H,9-22,25-26H2,1-4H3,(H,44,55)/t35-/m1/s1. The summed E-state index contributed by atoms with van der Waals surface area (Å²) in [5.74, 6) is -2.36. The molecule has 6 amide bonds. The highest BCUT2D eigenvalue weighted by molar-refractivity contribution is 6.32. The van der Waals surface area contributed by atoms with Crippen molar-refractivity contribution in [2.24, 2.45) is 18.9 Å². The number of esters is 1. The Morgan fingerprint density at radius 1 is 0.850 bits per heavy atom. The van der Waals surface area contributed by atoms with Crippen LogP contribution < -0.4 is 11.1 Å². The van der Waals surface area contributed by atoms with E-state index in [4.69, 9.17) is 13.9 Å². The minimum Gasteiger partial charge on any atom is -0.448 e. The Morgan fingerprint density at radius 2 is 1.48 bits per heavy atom. The zero-order chi connectivity index (χ0) is 42.7. The van der Waals surface area contributed by atoms with Crippen molar-refractivity contribution < 1.29 is 42.7 Å². The lowest BCUT2D eigenvalue weighted by Gasteiger charge is -2.41. The van der Waals surface area contributed by atoms with Crippen LogP contribution >= 0.6 is 0 Å². The second-order valence-electron chi connectivity index (χ2n) is 16.7. The Kier molecular flexibility index (Phi) is 12.8. The Bertz CT molecular complexity index is 2170. The Labute approximate surface area is 348 Å². The van der Waals surface area contributed by atoms with Crippen molar-refractivity contribution in [1.29, 1.82) is 0 Å². The summed E-state index contributed by atoms with van der Waals surface area (Å²) in [6.07, 6.45) is 3.14. The molecule has 0 saturated carbocycles. The predicted molar refractivity (Wildman–Crippen MR) is 219 cm³/mol. The lowest BCUT2D eigenvalue weighted by Crippen LogP contribution is -2.52. The monoisotopic (exact) mass is 829 g/mol. The highest BCUT2D eigenvalue weighted by Gasteiger charge is 2.38. The highest BCUT2D eigenvalue weighted by atomic mass is 16.6. The molecule has 2 aromatic carbocycles. The maximum Gasteiger partial charge on any atom is 0.419 e. The third-order valence-electron chi connectivity index (χ3n) is 12.7. The van der Waals surface area contributed by atoms with Crippen LogP contribution in [0.25, 0.3) is 11.1 Å². The lowest BCUT2D eigenvalue weighted by atomic mass is 9.78. The van der Waals surface area contributed by atoms with Crippen LogP contribution in [-0.4, -0.2) is 144 Å². The smallest absolute Gasteiger partial charge is 0.419 e. The molecular weight excluding hydrogens is 775 g/mol. The zero-order valence-corrected chi connectivity index (χ0v) is 34.9. The van der Waals surface area contributed by atoms with E-state index in [9.17, 15) is 33.6 Å². The average Bonchev–Trinajstić information content (AvgIpc) is 3.43. The van der Waals surface area contributed by atoms with Gasteiger partial charge < -0.3 is 43.7 Å². The molecule has 17 heteroatoms. The number of amides is 6. The van der Waals surface area contributed by atoms with Gasteiger partial charge in [-0.15, -0.1) is 0 Å². The van der Waals surface area contributed by atoms with Crippen LogP contribution in [0.4, 0.5) is 15.3 Å². The molecule has 0 bridgehead atoms. The van der Waals surface area contributed by atoms with Gasteiger partial charge in [-0.2, -0.15) is 0 Å². The van der Waals surface area contributed by atoms with Gasteiger partial charge in [0.2, 0.25) is 0 Å². The number of ether oxygens (including phenoxy) is 2. The SMILES string of the molecule is Cc1cc(C[C@@H](OC(=O)N2CCC(N3CCc4ccccc4NC3=O)CC2)C(=O)N2CCC(C3CCN(C(=O)C(=O)OCC(=O)N(C)C)CC3)CC2)cc2oc(=O)n(C)c12. The van der Waals surface area contributed by atoms with E-state index in [1.54, 1.807) is 22.9 Å². The molecule has 3 saturated heterocycles. The van der Waals surface area contributed by atoms with Crippen molar-refractivity contribution in [1.82, 2.24) is 29.1 Å². The number of aryl methyl sites for hydroxylation is 2. The predicted octanol–water partition coefficient (Wildman–Crippen LogP) is 3.15. The first-order valence-electron chi connectivity index (χ1n) is 20.9. The number of likely N-dealkylation sites (tertiary alicyclic amines) is 3. The van der Waals surface area contributed by atoms with Gasteiger partial charge in [0.05, 0.1) is 5.52 Å². The van der Waals surface area contributed by atoms with Crippen LogP contribution in [-0.2, 0) is 48.5 Å². The number of hydrogen-bond acceptors (Lipinski definition) is 10. The van der Waals surface area contributed by atoms with Gasteiger partial charge in [-0.05, 0) is 92.5 Å². The summed E-state index contributed by atoms with van der Waals surface area (Å²) in [5, 5.41) is 3.03. The Morgan fingerprint density at radius 3 is 2.15 bits per heavy atom. The number of anilines is 1. The first kappa shape index (κ1) is 42.3. The van der Waals surface area contributed by atoms with Crippen LogP contribution in [0.2, 0.25) is 0 Å². The van der Waals surface area contributed by atoms with Crippen molar-refractivity contribution in [3.05, 3.63) is 63.6 Å². The number of nitrogens with zero attached hydrogens (tertiary/aromatic N) is 6. The molecule has 322 valence electrons. The first-order valence-corrected chi connectivity index (χ1v) is 20.9. The van der Waals surface area contributed by atoms with E-state index in [-0.39, 0.29) is 24.4 Å². The lowest BCUT2D eigenvalue weighted by molar-refractivity contribution is -0.163. The van der Waals surface area contributed by atoms with Gasteiger partial charge >= 0.3 is 29.8 Å². The van der Waals surface area contributed by atoms with Crippen LogP contribution in [0.5, 0.6) is 0 Å². The molecule has 1 aromatic heterocycles. The minimum atomic E-state index is -1.13. The van der Waals surface area contributed by atoms with E-state index in [0.29, 0.717) is 100.0 Å². The maximum absolute atomic E-state index is 14.3. The Hall–Kier alpha value is -5.87. The normalized spacial score (nSPS) is 18.7. The second-order valence-corrected chi connectivity index (χ2v) is 16.7. The topological polar surface area (TPSA) is 184 Å². The summed E-state index contributed by atoms with van der Waals surface area (Å²) < 4.78 is 17.9. The summed E-state index contributed by atoms with van der Waals surface area (Å²) in [7, 11) is 4.71. The van der Waals surface area contributed by atoms with Crippen molar-refractivity contribution in [2.45, 2.75) is 70.4 Å². The van der Waals surface area contributed by atoms with Crippen LogP contribution in [0.15, 0.2) is 45.6 Å². The largest absolute Gasteiger partial charge is 0.448 e. The van der Waals surface area contributed by atoms with Crippen molar-refractivity contribution in [3.8, 4) is 0 Å². The molecule has 0 spiro atoms. The molecule has 3 aromatic rings. The molecule has 4 aliphatic rings. The average molecular weight is 830 g/mol. The molecule has 60 heavy (non-hydrogen) atoms. The number of carbonyl (C=O) groups excluding carboxylic acids is 6. The van der Waals surface area contributed by atoms with Gasteiger partial charge in [-0.1, -0.05) is 24.3 Å². The number of para-hydroxylation sites is 1. The van der Waals surface area contributed by atoms with Crippen LogP contribution in [0.3, 0.4) is 0 Å². The maximum atomic E-state index is 14.3. The molecular formula is C43H55N7O10. The summed E-state index contributed by atoms with van der Waals surface area (Å²) in [6, 6.07) is 11.2. The van der Waals surface area contributed by atoms with E-state index in [1.807, 2.05) is 42.2 Å². The number of piperidine rings is 3. The molecule has 3 fully saturated rings. The van der Waals surface area contributed by atoms with Gasteiger partial charge in [0, 0.05) is 85.1 Å². The molecule has 1 atom stereocenters. The fraction of sp³-hybridized carbons (Fsp3) is 0.558. The molecule has 0 aliphatic carbocycles. The number of aromatic nitrogens is 1. The fourth-order valence-corrected chi connectivity index (χ4v) is 9.20. The molecule has 0 radical (unpaired) electrons. The first-order chi connectivity index (χ1) is 28.8. The van der Waals surface area contributed by atoms with Gasteiger partial charge in [0.15, 0.2) is 18.3 Å². The summed E-state index contributed by atoms with van der Waals surface area (Å²) >= 11 is 0. The number of benzene rings is 2. The number of carbonyl (C=O) groups is 6. The van der Waals surface area contributed by atoms with Gasteiger partial charge in [-0.3, -0.25) is 19.0 Å². The molecule has 4 aliphatic heterocycles. The third kappa shape index (κ3) is 9.29. The number of fused-ring (bicyclic) bond motifs is 2. The van der Waals surface area contributed by atoms with E-state index in [2.05, 4.69) is 5.32 Å². The van der Waals surface area contributed by atoms with Crippen LogP contribution in [0.1, 0.15) is 55.2 Å². The second kappa shape index (κ2) is 18.2. The quantitative estimate of drug-likeness (QED) is 0.262. The van der Waals surface area contributed by atoms with E-state index < -0.39 is 42.3 Å². The summed E-state index contributed by atoms with van der Waals surface area (Å²) in [5.41, 5.74) is 4.44. The van der Waals surface area contributed by atoms with Crippen molar-refractivity contribution in [3.63, 3.8) is 0 Å². The third-order valence-corrected chi connectivity index (χ3v) is 12.7. The van der Waals surface area contributed by atoms with Gasteiger partial charge in [0.25, 0.3) is 11.8 Å². The van der Waals surface area contributed by atoms with Crippen molar-refractivity contribution in [2.75, 3.05) is 71.8 Å². The van der Waals surface area contributed by atoms with E-state index in [0.717, 1.165) is 36.1 Å². The molecule has 5 heterocycles. The van der Waals surface area contributed by atoms with Gasteiger partial charge in [-0.25, -0.2) is 19.2 Å². The molecule has 17 nitrogen and oxygen atoms in total. The van der Waals surface area contributed by atoms with Crippen molar-refractivity contribution >= 4 is 52.6 Å². The van der Waals surface area contributed by atoms with Crippen LogP contribution in [0, 0.1) is 18.8 Å². The summed E-state index contributed by atoms with van der Waals surface area (Å²) in [4.78, 5) is 98.5. The van der Waals surface area contributed by atoms with E-state index >= 15 is 0 Å². The highest BCUT2D eigenvalue weighted by Crippen LogP contribution is 2.33. The van der Waals surface area contributed by atoms with Gasteiger partial charge in [0.1, 0.15) is 0 Å². The van der Waals surface area contributed by atoms with E-state index in [1.165, 1.54) is 28.5 Å². The summed E-state index contributed by atoms with van der Waals surface area (Å²) in [6.45, 7) is 4.45. The number of nitrogens with one attached hydrogen (secondary N) is 1. The minimum absolute atomic E-state index is 0.0495. The fourth-order valence-electron chi connectivity index (χ4n) is 9.20. The number of rotatable bonds is 8. The number of hydrogen-bond donors (Lipinski definition) is 1. The molecule has 1 N–H and O–H groups in total.